The van der Waals surface area contributed by atoms with E-state index in [9.17, 15) is 14.9 Å². The molecule has 0 atom stereocenters. The number of nitro groups is 1. The molecule has 136 valence electrons. The third-order valence-electron chi connectivity index (χ3n) is 3.95. The summed E-state index contributed by atoms with van der Waals surface area (Å²) in [6, 6.07) is 0. The molecule has 0 aliphatic heterocycles. The van der Waals surface area contributed by atoms with E-state index in [2.05, 4.69) is 20.6 Å². The third kappa shape index (κ3) is 3.31. The maximum atomic E-state index is 12.4. The molecule has 3 heterocycles. The van der Waals surface area contributed by atoms with E-state index in [1.165, 1.54) is 17.8 Å². The minimum Gasteiger partial charge on any atom is -0.318 e. The number of carbonyl (C=O) groups excluding carboxylic acids is 1. The second kappa shape index (κ2) is 6.78. The third-order valence-corrected chi connectivity index (χ3v) is 3.95. The van der Waals surface area contributed by atoms with Crippen LogP contribution in [-0.2, 0) is 20.1 Å². The smallest absolute Gasteiger partial charge is 0.318 e. The SMILES string of the molecule is CCn1cc(Cn2cc(NC(=O)c3nn(C)c(C)c3[N+](=O)[O-])cn2)cn1. The van der Waals surface area contributed by atoms with Crippen molar-refractivity contribution in [2.75, 3.05) is 5.32 Å². The molecule has 1 amide bonds. The molecule has 0 saturated heterocycles. The largest absolute Gasteiger partial charge is 0.322 e. The quantitative estimate of drug-likeness (QED) is 0.523. The van der Waals surface area contributed by atoms with E-state index in [1.54, 1.807) is 24.1 Å². The molecule has 1 N–H and O–H groups in total. The number of rotatable bonds is 6. The highest BCUT2D eigenvalue weighted by atomic mass is 16.6. The summed E-state index contributed by atoms with van der Waals surface area (Å²) in [7, 11) is 1.55. The Labute approximate surface area is 148 Å². The van der Waals surface area contributed by atoms with Crippen LogP contribution in [0.4, 0.5) is 11.4 Å². The number of carbonyl (C=O) groups is 1. The zero-order chi connectivity index (χ0) is 18.8. The van der Waals surface area contributed by atoms with E-state index in [0.29, 0.717) is 17.9 Å². The van der Waals surface area contributed by atoms with Crippen LogP contribution in [0.3, 0.4) is 0 Å². The van der Waals surface area contributed by atoms with Gasteiger partial charge in [0.05, 0.1) is 29.5 Å². The number of aryl methyl sites for hydroxylation is 2. The fourth-order valence-electron chi connectivity index (χ4n) is 2.52. The van der Waals surface area contributed by atoms with Gasteiger partial charge in [0.25, 0.3) is 5.91 Å². The van der Waals surface area contributed by atoms with Gasteiger partial charge in [-0.2, -0.15) is 15.3 Å². The second-order valence-corrected chi connectivity index (χ2v) is 5.75. The van der Waals surface area contributed by atoms with E-state index >= 15 is 0 Å². The Morgan fingerprint density at radius 1 is 1.27 bits per heavy atom. The van der Waals surface area contributed by atoms with Gasteiger partial charge in [-0.05, 0) is 13.8 Å². The molecule has 3 aromatic rings. The maximum Gasteiger partial charge on any atom is 0.322 e. The van der Waals surface area contributed by atoms with Crippen LogP contribution >= 0.6 is 0 Å². The Balaban J connectivity index is 1.74. The fraction of sp³-hybridized carbons (Fsp3) is 0.333. The summed E-state index contributed by atoms with van der Waals surface area (Å²) in [6.45, 7) is 4.81. The van der Waals surface area contributed by atoms with Crippen LogP contribution in [0.2, 0.25) is 0 Å². The van der Waals surface area contributed by atoms with E-state index in [-0.39, 0.29) is 11.4 Å². The Bertz CT molecular complexity index is 968. The van der Waals surface area contributed by atoms with Crippen LogP contribution in [0.15, 0.2) is 24.8 Å². The number of nitrogens with zero attached hydrogens (tertiary/aromatic N) is 7. The molecule has 3 aromatic heterocycles. The van der Waals surface area contributed by atoms with Gasteiger partial charge in [0.2, 0.25) is 5.69 Å². The Hall–Kier alpha value is -3.50. The number of aromatic nitrogens is 6. The number of hydrogen-bond donors (Lipinski definition) is 1. The van der Waals surface area contributed by atoms with Crippen LogP contribution in [0.25, 0.3) is 0 Å². The average Bonchev–Trinajstić information content (AvgIpc) is 3.29. The first-order chi connectivity index (χ1) is 12.4. The van der Waals surface area contributed by atoms with Crippen molar-refractivity contribution in [2.45, 2.75) is 26.9 Å². The van der Waals surface area contributed by atoms with Crippen molar-refractivity contribution in [3.8, 4) is 0 Å². The van der Waals surface area contributed by atoms with Gasteiger partial charge in [-0.3, -0.25) is 29.0 Å². The van der Waals surface area contributed by atoms with Crippen molar-refractivity contribution >= 4 is 17.3 Å². The first-order valence-corrected chi connectivity index (χ1v) is 7.92. The van der Waals surface area contributed by atoms with Gasteiger partial charge in [0.15, 0.2) is 0 Å². The highest BCUT2D eigenvalue weighted by molar-refractivity contribution is 6.05. The molecule has 0 spiro atoms. The highest BCUT2D eigenvalue weighted by Crippen LogP contribution is 2.23. The summed E-state index contributed by atoms with van der Waals surface area (Å²) in [6.07, 6.45) is 6.79. The van der Waals surface area contributed by atoms with Gasteiger partial charge in [0.1, 0.15) is 5.69 Å². The van der Waals surface area contributed by atoms with Crippen LogP contribution in [0, 0.1) is 17.0 Å². The summed E-state index contributed by atoms with van der Waals surface area (Å²) in [5.41, 5.74) is 1.18. The van der Waals surface area contributed by atoms with E-state index in [0.717, 1.165) is 12.1 Å². The topological polar surface area (TPSA) is 126 Å². The summed E-state index contributed by atoms with van der Waals surface area (Å²) in [4.78, 5) is 23.0. The van der Waals surface area contributed by atoms with E-state index in [1.807, 2.05) is 17.8 Å². The molecule has 0 bridgehead atoms. The van der Waals surface area contributed by atoms with Crippen molar-refractivity contribution in [1.82, 2.24) is 29.3 Å². The lowest BCUT2D eigenvalue weighted by Crippen LogP contribution is -2.14. The van der Waals surface area contributed by atoms with Gasteiger partial charge in [-0.15, -0.1) is 0 Å². The van der Waals surface area contributed by atoms with Gasteiger partial charge in [-0.1, -0.05) is 0 Å². The molecule has 0 aromatic carbocycles. The summed E-state index contributed by atoms with van der Waals surface area (Å²) >= 11 is 0. The lowest BCUT2D eigenvalue weighted by atomic mass is 10.3. The minimum absolute atomic E-state index is 0.230. The molecule has 0 fully saturated rings. The lowest BCUT2D eigenvalue weighted by molar-refractivity contribution is -0.385. The average molecular weight is 358 g/mol. The summed E-state index contributed by atoms with van der Waals surface area (Å²) in [5, 5.41) is 26.1. The zero-order valence-electron chi connectivity index (χ0n) is 14.6. The molecule has 11 heteroatoms. The molecule has 3 rings (SSSR count). The fourth-order valence-corrected chi connectivity index (χ4v) is 2.52. The van der Waals surface area contributed by atoms with Crippen LogP contribution < -0.4 is 5.32 Å². The second-order valence-electron chi connectivity index (χ2n) is 5.75. The normalized spacial score (nSPS) is 10.9. The molecule has 0 saturated carbocycles. The van der Waals surface area contributed by atoms with Gasteiger partial charge in [0, 0.05) is 31.5 Å². The Morgan fingerprint density at radius 3 is 2.65 bits per heavy atom. The Kier molecular flexibility index (Phi) is 4.52. The summed E-state index contributed by atoms with van der Waals surface area (Å²) < 4.78 is 4.76. The van der Waals surface area contributed by atoms with Crippen LogP contribution in [0.5, 0.6) is 0 Å². The molecule has 0 aliphatic rings. The molecule has 0 aliphatic carbocycles. The first-order valence-electron chi connectivity index (χ1n) is 7.92. The summed E-state index contributed by atoms with van der Waals surface area (Å²) in [5.74, 6) is -0.654. The Morgan fingerprint density at radius 2 is 2.00 bits per heavy atom. The molecule has 0 unspecified atom stereocenters. The van der Waals surface area contributed by atoms with Crippen molar-refractivity contribution in [1.29, 1.82) is 0 Å². The molecular formula is C15H18N8O3. The monoisotopic (exact) mass is 358 g/mol. The van der Waals surface area contributed by atoms with Crippen LogP contribution in [0.1, 0.15) is 28.7 Å². The van der Waals surface area contributed by atoms with Crippen molar-refractivity contribution in [3.63, 3.8) is 0 Å². The van der Waals surface area contributed by atoms with Gasteiger partial charge in [-0.25, -0.2) is 0 Å². The zero-order valence-corrected chi connectivity index (χ0v) is 14.6. The van der Waals surface area contributed by atoms with Crippen LogP contribution in [-0.4, -0.2) is 40.2 Å². The predicted octanol–water partition coefficient (Wildman–Crippen LogP) is 1.35. The van der Waals surface area contributed by atoms with Gasteiger partial charge >= 0.3 is 5.69 Å². The standard InChI is InChI=1S/C15H18N8O3/c1-4-21-7-11(5-16-21)8-22-9-12(6-17-22)18-15(24)13-14(23(25)26)10(2)20(3)19-13/h5-7,9H,4,8H2,1-3H3,(H,18,24). The predicted molar refractivity (Wildman–Crippen MR) is 91.8 cm³/mol. The number of amides is 1. The van der Waals surface area contributed by atoms with Crippen molar-refractivity contribution < 1.29 is 9.72 Å². The number of hydrogen-bond acceptors (Lipinski definition) is 6. The molecule has 11 nitrogen and oxygen atoms in total. The van der Waals surface area contributed by atoms with Gasteiger partial charge < -0.3 is 5.32 Å². The molecule has 0 radical (unpaired) electrons. The number of nitrogens with one attached hydrogen (secondary N) is 1. The highest BCUT2D eigenvalue weighted by Gasteiger charge is 2.29. The maximum absolute atomic E-state index is 12.4. The molecule has 26 heavy (non-hydrogen) atoms. The van der Waals surface area contributed by atoms with E-state index in [4.69, 9.17) is 0 Å². The molecular weight excluding hydrogens is 340 g/mol. The lowest BCUT2D eigenvalue weighted by Gasteiger charge is -1.99. The van der Waals surface area contributed by atoms with E-state index < -0.39 is 10.8 Å². The first kappa shape index (κ1) is 17.3. The van der Waals surface area contributed by atoms with Crippen molar-refractivity contribution in [3.05, 3.63) is 51.9 Å². The minimum atomic E-state index is -0.654. The van der Waals surface area contributed by atoms with Crippen molar-refractivity contribution in [2.24, 2.45) is 7.05 Å². The number of anilines is 1.